The second kappa shape index (κ2) is 5.35. The molecule has 0 amide bonds. The van der Waals surface area contributed by atoms with E-state index in [1.54, 1.807) is 0 Å². The van der Waals surface area contributed by atoms with Crippen LogP contribution in [0.5, 0.6) is 0 Å². The minimum atomic E-state index is -0.0311. The highest BCUT2D eigenvalue weighted by Gasteiger charge is 2.34. The summed E-state index contributed by atoms with van der Waals surface area (Å²) in [7, 11) is 0. The standard InChI is InChI=1S/C14H20ClN3O/c1-3-11-9(2)16-14(17-13(11)15)12-7-18-6-4-5-10(18)8-19-12/h10,12H,3-8H2,1-2H3. The number of hydrogen-bond acceptors (Lipinski definition) is 4. The average molecular weight is 282 g/mol. The Balaban J connectivity index is 1.82. The van der Waals surface area contributed by atoms with Crippen molar-refractivity contribution in [1.82, 2.24) is 14.9 Å². The first-order chi connectivity index (χ1) is 9.19. The molecule has 0 N–H and O–H groups in total. The lowest BCUT2D eigenvalue weighted by Crippen LogP contribution is -2.42. The zero-order valence-electron chi connectivity index (χ0n) is 11.5. The summed E-state index contributed by atoms with van der Waals surface area (Å²) in [6, 6.07) is 0.600. The van der Waals surface area contributed by atoms with E-state index in [0.717, 1.165) is 36.7 Å². The molecule has 0 aromatic carbocycles. The molecular weight excluding hydrogens is 262 g/mol. The Labute approximate surface area is 119 Å². The van der Waals surface area contributed by atoms with Crippen LogP contribution in [0.4, 0.5) is 0 Å². The highest BCUT2D eigenvalue weighted by Crippen LogP contribution is 2.30. The van der Waals surface area contributed by atoms with E-state index in [1.165, 1.54) is 19.4 Å². The summed E-state index contributed by atoms with van der Waals surface area (Å²) >= 11 is 6.25. The Morgan fingerprint density at radius 3 is 3.00 bits per heavy atom. The number of aryl methyl sites for hydroxylation is 1. The summed E-state index contributed by atoms with van der Waals surface area (Å²) in [4.78, 5) is 11.5. The van der Waals surface area contributed by atoms with Gasteiger partial charge in [-0.15, -0.1) is 0 Å². The van der Waals surface area contributed by atoms with Gasteiger partial charge in [0.1, 0.15) is 11.3 Å². The lowest BCUT2D eigenvalue weighted by atomic mass is 10.1. The number of halogens is 1. The highest BCUT2D eigenvalue weighted by molar-refractivity contribution is 6.30. The minimum Gasteiger partial charge on any atom is -0.367 e. The summed E-state index contributed by atoms with van der Waals surface area (Å²) < 4.78 is 5.94. The predicted octanol–water partition coefficient (Wildman–Crippen LogP) is 2.54. The molecule has 2 atom stereocenters. The lowest BCUT2D eigenvalue weighted by molar-refractivity contribution is -0.0542. The van der Waals surface area contributed by atoms with Crippen LogP contribution in [0.3, 0.4) is 0 Å². The van der Waals surface area contributed by atoms with Crippen molar-refractivity contribution in [3.05, 3.63) is 22.2 Å². The fourth-order valence-corrected chi connectivity index (χ4v) is 3.46. The average Bonchev–Trinajstić information content (AvgIpc) is 2.85. The Hall–Kier alpha value is -0.710. The van der Waals surface area contributed by atoms with Crippen LogP contribution >= 0.6 is 11.6 Å². The van der Waals surface area contributed by atoms with Gasteiger partial charge < -0.3 is 4.74 Å². The summed E-state index contributed by atoms with van der Waals surface area (Å²) in [5.74, 6) is 0.741. The Morgan fingerprint density at radius 1 is 1.42 bits per heavy atom. The van der Waals surface area contributed by atoms with Crippen LogP contribution in [0.2, 0.25) is 5.15 Å². The second-order valence-corrected chi connectivity index (χ2v) is 5.76. The van der Waals surface area contributed by atoms with Gasteiger partial charge in [-0.25, -0.2) is 9.97 Å². The Morgan fingerprint density at radius 2 is 2.26 bits per heavy atom. The van der Waals surface area contributed by atoms with Gasteiger partial charge in [0.15, 0.2) is 5.82 Å². The number of nitrogens with zero attached hydrogens (tertiary/aromatic N) is 3. The van der Waals surface area contributed by atoms with Gasteiger partial charge in [-0.05, 0) is 32.7 Å². The van der Waals surface area contributed by atoms with Crippen molar-refractivity contribution in [2.45, 2.75) is 45.3 Å². The van der Waals surface area contributed by atoms with Gasteiger partial charge in [-0.1, -0.05) is 18.5 Å². The van der Waals surface area contributed by atoms with Crippen LogP contribution in [0.25, 0.3) is 0 Å². The molecule has 104 valence electrons. The minimum absolute atomic E-state index is 0.0311. The molecule has 3 heterocycles. The van der Waals surface area contributed by atoms with Crippen LogP contribution in [-0.2, 0) is 11.2 Å². The first-order valence-electron chi connectivity index (χ1n) is 7.07. The largest absolute Gasteiger partial charge is 0.367 e. The molecule has 3 rings (SSSR count). The summed E-state index contributed by atoms with van der Waals surface area (Å²) in [5.41, 5.74) is 2.02. The molecule has 4 nitrogen and oxygen atoms in total. The monoisotopic (exact) mass is 281 g/mol. The van der Waals surface area contributed by atoms with Crippen LogP contribution in [-0.4, -0.2) is 40.6 Å². The molecule has 2 aliphatic rings. The zero-order valence-corrected chi connectivity index (χ0v) is 12.3. The summed E-state index contributed by atoms with van der Waals surface area (Å²) in [6.45, 7) is 6.93. The lowest BCUT2D eigenvalue weighted by Gasteiger charge is -2.34. The molecule has 1 aromatic heterocycles. The van der Waals surface area contributed by atoms with E-state index in [0.29, 0.717) is 11.2 Å². The molecule has 0 saturated carbocycles. The van der Waals surface area contributed by atoms with Gasteiger partial charge >= 0.3 is 0 Å². The maximum atomic E-state index is 6.25. The van der Waals surface area contributed by atoms with Gasteiger partial charge in [0, 0.05) is 23.8 Å². The topological polar surface area (TPSA) is 38.2 Å². The van der Waals surface area contributed by atoms with E-state index in [4.69, 9.17) is 16.3 Å². The molecule has 1 aromatic rings. The molecule has 5 heteroatoms. The van der Waals surface area contributed by atoms with Crippen LogP contribution in [0.1, 0.15) is 43.0 Å². The first kappa shape index (κ1) is 13.3. The number of fused-ring (bicyclic) bond motifs is 1. The van der Waals surface area contributed by atoms with Gasteiger partial charge in [0.2, 0.25) is 0 Å². The van der Waals surface area contributed by atoms with Gasteiger partial charge in [0.05, 0.1) is 6.61 Å². The maximum Gasteiger partial charge on any atom is 0.160 e. The third kappa shape index (κ3) is 2.49. The van der Waals surface area contributed by atoms with Crippen molar-refractivity contribution in [2.24, 2.45) is 0 Å². The second-order valence-electron chi connectivity index (χ2n) is 5.40. The van der Waals surface area contributed by atoms with Crippen molar-refractivity contribution >= 4 is 11.6 Å². The first-order valence-corrected chi connectivity index (χ1v) is 7.45. The number of aromatic nitrogens is 2. The van der Waals surface area contributed by atoms with Gasteiger partial charge in [0.25, 0.3) is 0 Å². The van der Waals surface area contributed by atoms with E-state index < -0.39 is 0 Å². The molecule has 2 fully saturated rings. The molecule has 2 aliphatic heterocycles. The fraction of sp³-hybridized carbons (Fsp3) is 0.714. The van der Waals surface area contributed by atoms with Crippen molar-refractivity contribution in [1.29, 1.82) is 0 Å². The summed E-state index contributed by atoms with van der Waals surface area (Å²) in [5, 5.41) is 0.581. The number of ether oxygens (including phenoxy) is 1. The third-order valence-electron chi connectivity index (χ3n) is 4.21. The molecular formula is C14H20ClN3O. The number of hydrogen-bond donors (Lipinski definition) is 0. The third-order valence-corrected chi connectivity index (χ3v) is 4.52. The zero-order chi connectivity index (χ0) is 13.4. The molecule has 0 radical (unpaired) electrons. The SMILES string of the molecule is CCc1c(C)nc(C2CN3CCCC3CO2)nc1Cl. The Bertz CT molecular complexity index is 457. The normalized spacial score (nSPS) is 27.5. The number of morpholine rings is 1. The molecule has 2 saturated heterocycles. The van der Waals surface area contributed by atoms with E-state index >= 15 is 0 Å². The molecule has 0 spiro atoms. The van der Waals surface area contributed by atoms with Crippen LogP contribution in [0.15, 0.2) is 0 Å². The summed E-state index contributed by atoms with van der Waals surface area (Å²) in [6.07, 6.45) is 3.36. The maximum absolute atomic E-state index is 6.25. The van der Waals surface area contributed by atoms with E-state index in [2.05, 4.69) is 21.8 Å². The Kier molecular flexibility index (Phi) is 3.74. The highest BCUT2D eigenvalue weighted by atomic mass is 35.5. The van der Waals surface area contributed by atoms with Gasteiger partial charge in [-0.2, -0.15) is 0 Å². The van der Waals surface area contributed by atoms with Crippen molar-refractivity contribution in [3.8, 4) is 0 Å². The molecule has 2 unspecified atom stereocenters. The predicted molar refractivity (Wildman–Crippen MR) is 74.4 cm³/mol. The van der Waals surface area contributed by atoms with Crippen molar-refractivity contribution < 1.29 is 4.74 Å². The van der Waals surface area contributed by atoms with Crippen molar-refractivity contribution in [2.75, 3.05) is 19.7 Å². The quantitative estimate of drug-likeness (QED) is 0.781. The smallest absolute Gasteiger partial charge is 0.160 e. The van der Waals surface area contributed by atoms with E-state index in [1.807, 2.05) is 6.92 Å². The number of rotatable bonds is 2. The molecule has 19 heavy (non-hydrogen) atoms. The van der Waals surface area contributed by atoms with E-state index in [9.17, 15) is 0 Å². The van der Waals surface area contributed by atoms with Gasteiger partial charge in [-0.3, -0.25) is 4.90 Å². The fourth-order valence-electron chi connectivity index (χ4n) is 3.10. The van der Waals surface area contributed by atoms with Crippen molar-refractivity contribution in [3.63, 3.8) is 0 Å². The molecule has 0 aliphatic carbocycles. The van der Waals surface area contributed by atoms with Crippen LogP contribution in [0, 0.1) is 6.92 Å². The van der Waals surface area contributed by atoms with E-state index in [-0.39, 0.29) is 6.10 Å². The molecule has 0 bridgehead atoms. The van der Waals surface area contributed by atoms with Crippen LogP contribution < -0.4 is 0 Å².